The van der Waals surface area contributed by atoms with Gasteiger partial charge in [0.15, 0.2) is 12.4 Å². The summed E-state index contributed by atoms with van der Waals surface area (Å²) in [7, 11) is -4.33. The van der Waals surface area contributed by atoms with E-state index in [9.17, 15) is 13.0 Å². The number of hydrogen-bond acceptors (Lipinski definition) is 4. The normalized spacial score (nSPS) is 10.7. The highest BCUT2D eigenvalue weighted by atomic mass is 79.9. The first-order chi connectivity index (χ1) is 9.61. The summed E-state index contributed by atoms with van der Waals surface area (Å²) in [5.41, 5.74) is 2.00. The van der Waals surface area contributed by atoms with Gasteiger partial charge in [0.1, 0.15) is 10.1 Å². The molecule has 0 aliphatic carbocycles. The van der Waals surface area contributed by atoms with Crippen LogP contribution in [-0.2, 0) is 10.1 Å². The van der Waals surface area contributed by atoms with Gasteiger partial charge in [-0.05, 0) is 31.9 Å². The number of pyridine rings is 1. The first kappa shape index (κ1) is 17.6. The summed E-state index contributed by atoms with van der Waals surface area (Å²) in [6.07, 6.45) is 3.54. The fourth-order valence-corrected chi connectivity index (χ4v) is 3.12. The van der Waals surface area contributed by atoms with Crippen LogP contribution in [0.15, 0.2) is 46.0 Å². The van der Waals surface area contributed by atoms with Crippen molar-refractivity contribution in [3.05, 3.63) is 57.8 Å². The first-order valence-electron chi connectivity index (χ1n) is 6.07. The largest absolute Gasteiger partial charge is 0.744 e. The minimum Gasteiger partial charge on any atom is -0.744 e. The molecule has 1 aromatic carbocycles. The van der Waals surface area contributed by atoms with E-state index < -0.39 is 10.1 Å². The van der Waals surface area contributed by atoms with Gasteiger partial charge in [0.25, 0.3) is 0 Å². The number of hydrogen-bond donors (Lipinski definition) is 1. The third-order valence-corrected chi connectivity index (χ3v) is 4.34. The second-order valence-electron chi connectivity index (χ2n) is 4.65. The summed E-state index contributed by atoms with van der Waals surface area (Å²) in [6, 6.07) is 7.13. The predicted octanol–water partition coefficient (Wildman–Crippen LogP) is 1.97. The van der Waals surface area contributed by atoms with Crippen molar-refractivity contribution in [2.75, 3.05) is 5.84 Å². The molecule has 2 N–H and O–H groups in total. The van der Waals surface area contributed by atoms with Crippen LogP contribution in [0.2, 0.25) is 0 Å². The van der Waals surface area contributed by atoms with Crippen molar-refractivity contribution >= 4 is 26.0 Å². The molecular weight excluding hydrogens is 356 g/mol. The Balaban J connectivity index is 0.000000235. The quantitative estimate of drug-likeness (QED) is 0.470. The van der Waals surface area contributed by atoms with E-state index in [-0.39, 0.29) is 4.90 Å². The predicted molar refractivity (Wildman–Crippen MR) is 83.1 cm³/mol. The van der Waals surface area contributed by atoms with E-state index in [0.29, 0.717) is 11.1 Å². The Hall–Kier alpha value is -1.44. The van der Waals surface area contributed by atoms with Gasteiger partial charge in [0, 0.05) is 16.6 Å². The van der Waals surface area contributed by atoms with E-state index in [2.05, 4.69) is 15.9 Å². The van der Waals surface area contributed by atoms with Crippen molar-refractivity contribution in [3.63, 3.8) is 0 Å². The van der Waals surface area contributed by atoms with Crippen molar-refractivity contribution in [1.29, 1.82) is 0 Å². The molecule has 2 rings (SSSR count). The summed E-state index contributed by atoms with van der Waals surface area (Å²) < 4.78 is 35.0. The van der Waals surface area contributed by atoms with Gasteiger partial charge in [-0.1, -0.05) is 38.3 Å². The Morgan fingerprint density at radius 2 is 1.52 bits per heavy atom. The Morgan fingerprint density at radius 1 is 1.10 bits per heavy atom. The maximum absolute atomic E-state index is 10.8. The number of nitrogens with zero attached hydrogens (tertiary/aromatic N) is 1. The zero-order valence-corrected chi connectivity index (χ0v) is 14.4. The lowest BCUT2D eigenvalue weighted by Gasteiger charge is -2.14. The van der Waals surface area contributed by atoms with Gasteiger partial charge in [-0.2, -0.15) is 0 Å². The summed E-state index contributed by atoms with van der Waals surface area (Å²) in [5, 5.41) is 0. The molecule has 0 bridgehead atoms. The molecule has 0 spiro atoms. The van der Waals surface area contributed by atoms with Crippen LogP contribution in [0, 0.1) is 20.8 Å². The Labute approximate surface area is 133 Å². The summed E-state index contributed by atoms with van der Waals surface area (Å²) in [6.45, 7) is 5.12. The molecule has 2 aromatic rings. The maximum Gasteiger partial charge on any atom is 0.200 e. The zero-order chi connectivity index (χ0) is 16.2. The van der Waals surface area contributed by atoms with E-state index in [0.717, 1.165) is 10.0 Å². The minimum absolute atomic E-state index is 0.0851. The van der Waals surface area contributed by atoms with Gasteiger partial charge in [0.2, 0.25) is 0 Å². The minimum atomic E-state index is -4.33. The van der Waals surface area contributed by atoms with Crippen LogP contribution in [0.1, 0.15) is 16.7 Å². The third kappa shape index (κ3) is 5.45. The topological polar surface area (TPSA) is 87.1 Å². The molecule has 0 atom stereocenters. The molecular formula is C14H17BrN2O3S. The Kier molecular flexibility index (Phi) is 5.88. The summed E-state index contributed by atoms with van der Waals surface area (Å²) in [4.78, 5) is -0.0851. The van der Waals surface area contributed by atoms with Gasteiger partial charge in [-0.15, -0.1) is 0 Å². The fraction of sp³-hybridized carbons (Fsp3) is 0.214. The Morgan fingerprint density at radius 3 is 1.86 bits per heavy atom. The van der Waals surface area contributed by atoms with E-state index >= 15 is 0 Å². The molecule has 0 amide bonds. The van der Waals surface area contributed by atoms with Gasteiger partial charge in [0.05, 0.1) is 4.90 Å². The van der Waals surface area contributed by atoms with Crippen LogP contribution in [0.25, 0.3) is 0 Å². The average molecular weight is 373 g/mol. The lowest BCUT2D eigenvalue weighted by Crippen LogP contribution is -2.43. The molecule has 114 valence electrons. The molecule has 0 fully saturated rings. The van der Waals surface area contributed by atoms with Gasteiger partial charge in [-0.3, -0.25) is 0 Å². The van der Waals surface area contributed by atoms with Crippen molar-refractivity contribution in [2.24, 2.45) is 0 Å². The number of benzene rings is 1. The summed E-state index contributed by atoms with van der Waals surface area (Å²) >= 11 is 3.28. The van der Waals surface area contributed by atoms with Crippen LogP contribution in [0.4, 0.5) is 0 Å². The average Bonchev–Trinajstić information content (AvgIpc) is 2.30. The molecule has 0 aliphatic heterocycles. The number of nitrogen functional groups attached to an aromatic ring is 1. The van der Waals surface area contributed by atoms with Crippen molar-refractivity contribution in [3.8, 4) is 0 Å². The number of rotatable bonds is 1. The van der Waals surface area contributed by atoms with Crippen LogP contribution in [0.5, 0.6) is 0 Å². The molecule has 1 heterocycles. The maximum atomic E-state index is 10.8. The third-order valence-electron chi connectivity index (χ3n) is 2.67. The van der Waals surface area contributed by atoms with Crippen molar-refractivity contribution in [1.82, 2.24) is 0 Å². The van der Waals surface area contributed by atoms with E-state index in [1.165, 1.54) is 4.68 Å². The molecule has 7 heteroatoms. The van der Waals surface area contributed by atoms with Crippen LogP contribution in [-0.4, -0.2) is 13.0 Å². The van der Waals surface area contributed by atoms with Crippen molar-refractivity contribution < 1.29 is 17.6 Å². The number of halogens is 1. The monoisotopic (exact) mass is 372 g/mol. The number of aromatic nitrogens is 1. The second-order valence-corrected chi connectivity index (χ2v) is 6.88. The number of nitrogens with two attached hydrogens (primary N) is 1. The molecule has 5 nitrogen and oxygen atoms in total. The molecule has 21 heavy (non-hydrogen) atoms. The lowest BCUT2D eigenvalue weighted by molar-refractivity contribution is -0.639. The number of aryl methyl sites for hydroxylation is 3. The van der Waals surface area contributed by atoms with Crippen LogP contribution >= 0.6 is 15.9 Å². The van der Waals surface area contributed by atoms with Crippen LogP contribution in [0.3, 0.4) is 0 Å². The van der Waals surface area contributed by atoms with Gasteiger partial charge < -0.3 is 4.55 Å². The van der Waals surface area contributed by atoms with Gasteiger partial charge >= 0.3 is 0 Å². The SMILES string of the molecule is Cc1cc(C)c(S(=O)(=O)[O-])c(C)c1.N[n+]1ccc(Br)cc1. The van der Waals surface area contributed by atoms with Crippen molar-refractivity contribution in [2.45, 2.75) is 25.7 Å². The molecule has 1 aromatic heterocycles. The lowest BCUT2D eigenvalue weighted by atomic mass is 10.1. The molecule has 0 saturated heterocycles. The molecule has 0 unspecified atom stereocenters. The fourth-order valence-electron chi connectivity index (χ4n) is 1.98. The Bertz CT molecular complexity index is 684. The van der Waals surface area contributed by atoms with Gasteiger partial charge in [-0.25, -0.2) is 14.3 Å². The summed E-state index contributed by atoms with van der Waals surface area (Å²) in [5.74, 6) is 5.32. The highest BCUT2D eigenvalue weighted by molar-refractivity contribution is 9.10. The second kappa shape index (κ2) is 7.02. The van der Waals surface area contributed by atoms with E-state index in [4.69, 9.17) is 5.84 Å². The zero-order valence-electron chi connectivity index (χ0n) is 12.0. The molecule has 0 saturated carbocycles. The van der Waals surface area contributed by atoms with E-state index in [1.54, 1.807) is 38.4 Å². The standard InChI is InChI=1S/C9H12O3S.C5H6BrN2/c1-6-4-7(2)9(8(3)5-6)13(10,11)12;6-5-1-3-8(7)4-2-5/h4-5H,1-3H3,(H,10,11,12);1-4H,7H2/q;+1/p-1. The molecule has 0 radical (unpaired) electrons. The smallest absolute Gasteiger partial charge is 0.200 e. The molecule has 0 aliphatic rings. The highest BCUT2D eigenvalue weighted by Gasteiger charge is 2.09. The van der Waals surface area contributed by atoms with E-state index in [1.807, 2.05) is 19.1 Å². The highest BCUT2D eigenvalue weighted by Crippen LogP contribution is 2.20. The van der Waals surface area contributed by atoms with Crippen LogP contribution < -0.4 is 10.5 Å². The first-order valence-corrected chi connectivity index (χ1v) is 8.27.